The lowest BCUT2D eigenvalue weighted by Gasteiger charge is -2.20. The average molecular weight is 169 g/mol. The van der Waals surface area contributed by atoms with Crippen LogP contribution in [0.3, 0.4) is 0 Å². The molecule has 1 aliphatic rings. The number of likely N-dealkylation sites (tertiary alicyclic amines) is 1. The van der Waals surface area contributed by atoms with Crippen LogP contribution in [0.5, 0.6) is 0 Å². The smallest absolute Gasteiger partial charge is 0.129 e. The maximum Gasteiger partial charge on any atom is 0.129 e. The molecule has 0 aliphatic carbocycles. The Morgan fingerprint density at radius 1 is 1.58 bits per heavy atom. The summed E-state index contributed by atoms with van der Waals surface area (Å²) in [7, 11) is 0. The first-order valence-corrected chi connectivity index (χ1v) is 4.93. The first-order valence-electron chi connectivity index (χ1n) is 4.93. The van der Waals surface area contributed by atoms with Gasteiger partial charge in [0.25, 0.3) is 0 Å². The van der Waals surface area contributed by atoms with Crippen LogP contribution >= 0.6 is 0 Å². The molecule has 1 heterocycles. The summed E-state index contributed by atoms with van der Waals surface area (Å²) in [5.41, 5.74) is 0. The third-order valence-electron chi connectivity index (χ3n) is 2.66. The van der Waals surface area contributed by atoms with Gasteiger partial charge in [0.15, 0.2) is 0 Å². The van der Waals surface area contributed by atoms with E-state index in [4.69, 9.17) is 0 Å². The van der Waals surface area contributed by atoms with Crippen molar-refractivity contribution in [3.8, 4) is 0 Å². The van der Waals surface area contributed by atoms with E-state index in [0.29, 0.717) is 5.78 Å². The van der Waals surface area contributed by atoms with E-state index in [0.717, 1.165) is 25.4 Å². The highest BCUT2D eigenvalue weighted by Crippen LogP contribution is 2.16. The lowest BCUT2D eigenvalue weighted by atomic mass is 10.2. The number of nitrogens with zero attached hydrogens (tertiary/aromatic N) is 1. The summed E-state index contributed by atoms with van der Waals surface area (Å²) in [6, 6.07) is 0.747. The summed E-state index contributed by atoms with van der Waals surface area (Å²) in [6.45, 7) is 6.30. The van der Waals surface area contributed by atoms with Gasteiger partial charge in [-0.25, -0.2) is 0 Å². The van der Waals surface area contributed by atoms with E-state index >= 15 is 0 Å². The number of hydrogen-bond acceptors (Lipinski definition) is 2. The van der Waals surface area contributed by atoms with Crippen molar-refractivity contribution < 1.29 is 4.79 Å². The molecule has 0 radical (unpaired) electrons. The minimum atomic E-state index is 0.321. The number of rotatable bonds is 4. The summed E-state index contributed by atoms with van der Waals surface area (Å²) in [4.78, 5) is 13.2. The summed E-state index contributed by atoms with van der Waals surface area (Å²) in [6.07, 6.45) is 4.46. The fraction of sp³-hybridized carbons (Fsp3) is 0.900. The van der Waals surface area contributed by atoms with Gasteiger partial charge in [-0.05, 0) is 46.2 Å². The van der Waals surface area contributed by atoms with Crippen LogP contribution in [0.1, 0.15) is 39.5 Å². The van der Waals surface area contributed by atoms with Crippen LogP contribution in [0.4, 0.5) is 0 Å². The van der Waals surface area contributed by atoms with E-state index < -0.39 is 0 Å². The number of hydrogen-bond donors (Lipinski definition) is 0. The second-order valence-electron chi connectivity index (χ2n) is 3.83. The van der Waals surface area contributed by atoms with Crippen molar-refractivity contribution >= 4 is 5.78 Å². The summed E-state index contributed by atoms with van der Waals surface area (Å²) in [5, 5.41) is 0. The molecule has 2 heteroatoms. The zero-order valence-corrected chi connectivity index (χ0v) is 8.18. The molecule has 0 aromatic rings. The molecule has 1 atom stereocenters. The van der Waals surface area contributed by atoms with Gasteiger partial charge in [0.1, 0.15) is 5.78 Å². The highest BCUT2D eigenvalue weighted by Gasteiger charge is 2.18. The molecule has 1 unspecified atom stereocenters. The molecule has 70 valence electrons. The Bertz CT molecular complexity index is 156. The van der Waals surface area contributed by atoms with E-state index in [9.17, 15) is 4.79 Å². The first-order chi connectivity index (χ1) is 5.70. The zero-order valence-electron chi connectivity index (χ0n) is 8.18. The van der Waals surface area contributed by atoms with Crippen LogP contribution in [-0.2, 0) is 4.79 Å². The van der Waals surface area contributed by atoms with E-state index in [1.165, 1.54) is 19.4 Å². The standard InChI is InChI=1S/C10H19NO/c1-9-5-3-7-11(9)8-4-6-10(2)12/h9H,3-8H2,1-2H3. The predicted molar refractivity (Wildman–Crippen MR) is 50.2 cm³/mol. The van der Waals surface area contributed by atoms with E-state index in [1.54, 1.807) is 6.92 Å². The molecule has 1 saturated heterocycles. The topological polar surface area (TPSA) is 20.3 Å². The fourth-order valence-electron chi connectivity index (χ4n) is 1.86. The van der Waals surface area contributed by atoms with Crippen molar-refractivity contribution in [1.29, 1.82) is 0 Å². The van der Waals surface area contributed by atoms with Gasteiger partial charge in [-0.1, -0.05) is 0 Å². The van der Waals surface area contributed by atoms with Crippen LogP contribution in [0.25, 0.3) is 0 Å². The fourth-order valence-corrected chi connectivity index (χ4v) is 1.86. The molecule has 0 N–H and O–H groups in total. The van der Waals surface area contributed by atoms with Crippen molar-refractivity contribution in [3.63, 3.8) is 0 Å². The Balaban J connectivity index is 2.10. The first kappa shape index (κ1) is 9.72. The lowest BCUT2D eigenvalue weighted by Crippen LogP contribution is -2.28. The lowest BCUT2D eigenvalue weighted by molar-refractivity contribution is -0.117. The molecular formula is C10H19NO. The Hall–Kier alpha value is -0.370. The van der Waals surface area contributed by atoms with E-state index in [2.05, 4.69) is 11.8 Å². The summed E-state index contributed by atoms with van der Waals surface area (Å²) in [5.74, 6) is 0.321. The third kappa shape index (κ3) is 2.94. The molecular weight excluding hydrogens is 150 g/mol. The molecule has 12 heavy (non-hydrogen) atoms. The van der Waals surface area contributed by atoms with Crippen LogP contribution in [0.2, 0.25) is 0 Å². The molecule has 2 nitrogen and oxygen atoms in total. The Morgan fingerprint density at radius 2 is 2.33 bits per heavy atom. The van der Waals surface area contributed by atoms with Gasteiger partial charge in [-0.3, -0.25) is 0 Å². The molecule has 0 aromatic carbocycles. The van der Waals surface area contributed by atoms with Crippen LogP contribution in [-0.4, -0.2) is 29.8 Å². The molecule has 1 aliphatic heterocycles. The highest BCUT2D eigenvalue weighted by atomic mass is 16.1. The predicted octanol–water partition coefficient (Wildman–Crippen LogP) is 1.84. The van der Waals surface area contributed by atoms with Gasteiger partial charge >= 0.3 is 0 Å². The quantitative estimate of drug-likeness (QED) is 0.640. The van der Waals surface area contributed by atoms with Crippen molar-refractivity contribution in [2.75, 3.05) is 13.1 Å². The highest BCUT2D eigenvalue weighted by molar-refractivity contribution is 5.75. The van der Waals surface area contributed by atoms with Crippen molar-refractivity contribution in [3.05, 3.63) is 0 Å². The number of carbonyl (C=O) groups is 1. The minimum Gasteiger partial charge on any atom is -0.301 e. The van der Waals surface area contributed by atoms with Crippen LogP contribution in [0, 0.1) is 0 Å². The largest absolute Gasteiger partial charge is 0.301 e. The molecule has 0 amide bonds. The van der Waals surface area contributed by atoms with Gasteiger partial charge < -0.3 is 9.69 Å². The van der Waals surface area contributed by atoms with Gasteiger partial charge in [-0.15, -0.1) is 0 Å². The SMILES string of the molecule is CC(=O)CCCN1CCCC1C. The van der Waals surface area contributed by atoms with Gasteiger partial charge in [0, 0.05) is 12.5 Å². The third-order valence-corrected chi connectivity index (χ3v) is 2.66. The minimum absolute atomic E-state index is 0.321. The zero-order chi connectivity index (χ0) is 8.97. The number of Topliss-reactive ketones (excluding diaryl/α,β-unsaturated/α-hetero) is 1. The average Bonchev–Trinajstić information content (AvgIpc) is 2.36. The van der Waals surface area contributed by atoms with E-state index in [-0.39, 0.29) is 0 Å². The monoisotopic (exact) mass is 169 g/mol. The second kappa shape index (κ2) is 4.61. The summed E-state index contributed by atoms with van der Waals surface area (Å²) >= 11 is 0. The normalized spacial score (nSPS) is 24.7. The Morgan fingerprint density at radius 3 is 2.83 bits per heavy atom. The number of ketones is 1. The molecule has 1 fully saturated rings. The van der Waals surface area contributed by atoms with Crippen LogP contribution < -0.4 is 0 Å². The maximum atomic E-state index is 10.7. The molecule has 0 saturated carbocycles. The number of carbonyl (C=O) groups excluding carboxylic acids is 1. The van der Waals surface area contributed by atoms with Crippen molar-refractivity contribution in [2.24, 2.45) is 0 Å². The van der Waals surface area contributed by atoms with E-state index in [1.807, 2.05) is 0 Å². The maximum absolute atomic E-state index is 10.7. The van der Waals surface area contributed by atoms with Gasteiger partial charge in [0.05, 0.1) is 0 Å². The molecule has 1 rings (SSSR count). The molecule has 0 bridgehead atoms. The molecule has 0 aromatic heterocycles. The second-order valence-corrected chi connectivity index (χ2v) is 3.83. The van der Waals surface area contributed by atoms with Crippen molar-refractivity contribution in [2.45, 2.75) is 45.6 Å². The summed E-state index contributed by atoms with van der Waals surface area (Å²) < 4.78 is 0. The van der Waals surface area contributed by atoms with Crippen molar-refractivity contribution in [1.82, 2.24) is 4.90 Å². The van der Waals surface area contributed by atoms with Gasteiger partial charge in [0.2, 0.25) is 0 Å². The van der Waals surface area contributed by atoms with Gasteiger partial charge in [-0.2, -0.15) is 0 Å². The Labute approximate surface area is 74.9 Å². The van der Waals surface area contributed by atoms with Crippen LogP contribution in [0.15, 0.2) is 0 Å². The Kier molecular flexibility index (Phi) is 3.73. The molecule has 0 spiro atoms.